The fourth-order valence-electron chi connectivity index (χ4n) is 3.19. The lowest BCUT2D eigenvalue weighted by Crippen LogP contribution is -2.57. The maximum Gasteiger partial charge on any atom is 0.183 e. The molecule has 2 aliphatic heterocycles. The highest BCUT2D eigenvalue weighted by atomic mass is 35.5. The molecule has 5 atom stereocenters. The summed E-state index contributed by atoms with van der Waals surface area (Å²) >= 11 is 12.0. The molecule has 1 aromatic carbocycles. The number of fused-ring (bicyclic) bond motifs is 2. The van der Waals surface area contributed by atoms with Gasteiger partial charge in [0.25, 0.3) is 0 Å². The van der Waals surface area contributed by atoms with Gasteiger partial charge in [-0.3, -0.25) is 0 Å². The van der Waals surface area contributed by atoms with Gasteiger partial charge in [0, 0.05) is 6.54 Å². The predicted molar refractivity (Wildman–Crippen MR) is 86.8 cm³/mol. The van der Waals surface area contributed by atoms with E-state index in [0.717, 1.165) is 5.56 Å². The Balaban J connectivity index is 1.50. The second-order valence-corrected chi connectivity index (χ2v) is 6.70. The Morgan fingerprint density at radius 3 is 2.96 bits per heavy atom. The number of aromatic nitrogens is 3. The fraction of sp³-hybridized carbons (Fsp3) is 0.467. The van der Waals surface area contributed by atoms with Crippen LogP contribution in [0.2, 0.25) is 10.0 Å². The summed E-state index contributed by atoms with van der Waals surface area (Å²) in [6.45, 7) is 0.944. The number of nitrogens with one attached hydrogen (secondary N) is 1. The molecule has 2 N–H and O–H groups in total. The molecule has 2 fully saturated rings. The van der Waals surface area contributed by atoms with Gasteiger partial charge < -0.3 is 19.9 Å². The highest BCUT2D eigenvalue weighted by Gasteiger charge is 2.51. The lowest BCUT2D eigenvalue weighted by molar-refractivity contribution is -0.168. The van der Waals surface area contributed by atoms with E-state index in [2.05, 4.69) is 15.4 Å². The second-order valence-electron chi connectivity index (χ2n) is 5.89. The van der Waals surface area contributed by atoms with Crippen molar-refractivity contribution in [1.82, 2.24) is 20.1 Å². The molecule has 0 saturated carbocycles. The van der Waals surface area contributed by atoms with Crippen molar-refractivity contribution in [3.63, 3.8) is 0 Å². The average molecular weight is 371 g/mol. The lowest BCUT2D eigenvalue weighted by atomic mass is 9.96. The molecule has 2 saturated heterocycles. The topological polar surface area (TPSA) is 81.4 Å². The van der Waals surface area contributed by atoms with Gasteiger partial charge in [0.05, 0.1) is 28.8 Å². The molecule has 0 aliphatic carbocycles. The van der Waals surface area contributed by atoms with Crippen LogP contribution in [0.15, 0.2) is 30.9 Å². The van der Waals surface area contributed by atoms with E-state index in [1.807, 2.05) is 6.07 Å². The minimum atomic E-state index is -0.722. The Morgan fingerprint density at radius 1 is 1.33 bits per heavy atom. The zero-order valence-corrected chi connectivity index (χ0v) is 14.1. The van der Waals surface area contributed by atoms with Crippen LogP contribution in [0.3, 0.4) is 0 Å². The number of rotatable bonds is 4. The van der Waals surface area contributed by atoms with Crippen LogP contribution in [0.5, 0.6) is 0 Å². The maximum atomic E-state index is 10.8. The van der Waals surface area contributed by atoms with Crippen LogP contribution in [0, 0.1) is 0 Å². The van der Waals surface area contributed by atoms with Crippen LogP contribution in [0.4, 0.5) is 0 Å². The number of halogens is 2. The highest BCUT2D eigenvalue weighted by Crippen LogP contribution is 2.35. The number of aliphatic hydroxyl groups is 1. The molecule has 0 amide bonds. The highest BCUT2D eigenvalue weighted by molar-refractivity contribution is 6.42. The van der Waals surface area contributed by atoms with Crippen LogP contribution >= 0.6 is 23.2 Å². The summed E-state index contributed by atoms with van der Waals surface area (Å²) in [5.41, 5.74) is 0.968. The van der Waals surface area contributed by atoms with E-state index >= 15 is 0 Å². The smallest absolute Gasteiger partial charge is 0.183 e. The van der Waals surface area contributed by atoms with E-state index in [1.54, 1.807) is 23.1 Å². The zero-order valence-electron chi connectivity index (χ0n) is 12.5. The normalized spacial score (nSPS) is 32.2. The van der Waals surface area contributed by atoms with Crippen molar-refractivity contribution in [2.24, 2.45) is 0 Å². The fourth-order valence-corrected chi connectivity index (χ4v) is 3.51. The summed E-state index contributed by atoms with van der Waals surface area (Å²) < 4.78 is 13.1. The molecule has 9 heteroatoms. The minimum absolute atomic E-state index is 0.215. The van der Waals surface area contributed by atoms with E-state index in [1.165, 1.54) is 6.33 Å². The Hall–Kier alpha value is -1.22. The van der Waals surface area contributed by atoms with Crippen molar-refractivity contribution >= 4 is 23.2 Å². The SMILES string of the molecule is OC1C(NCc2ccc(Cl)c(Cl)c2)C2COC(O2)C1n1cncn1. The van der Waals surface area contributed by atoms with Crippen molar-refractivity contribution in [2.75, 3.05) is 6.61 Å². The number of ether oxygens (including phenoxy) is 2. The summed E-state index contributed by atoms with van der Waals surface area (Å²) in [5, 5.41) is 19.3. The van der Waals surface area contributed by atoms with Gasteiger partial charge in [-0.1, -0.05) is 29.3 Å². The molecular formula is C15H16Cl2N4O3. The second kappa shape index (κ2) is 6.59. The van der Waals surface area contributed by atoms with Crippen LogP contribution in [0.25, 0.3) is 0 Å². The molecule has 1 aromatic heterocycles. The van der Waals surface area contributed by atoms with Gasteiger partial charge in [-0.15, -0.1) is 0 Å². The Kier molecular flexibility index (Phi) is 4.46. The number of hydrogen-bond acceptors (Lipinski definition) is 6. The van der Waals surface area contributed by atoms with E-state index in [0.29, 0.717) is 23.2 Å². The summed E-state index contributed by atoms with van der Waals surface area (Å²) in [7, 11) is 0. The number of aliphatic hydroxyl groups excluding tert-OH is 1. The van der Waals surface area contributed by atoms with Gasteiger partial charge in [-0.25, -0.2) is 9.67 Å². The molecule has 24 heavy (non-hydrogen) atoms. The molecule has 5 unspecified atom stereocenters. The average Bonchev–Trinajstić information content (AvgIpc) is 3.22. The van der Waals surface area contributed by atoms with Crippen LogP contribution < -0.4 is 5.32 Å². The Labute approximate surface area is 148 Å². The van der Waals surface area contributed by atoms with Crippen LogP contribution in [0.1, 0.15) is 11.6 Å². The van der Waals surface area contributed by atoms with E-state index in [9.17, 15) is 5.11 Å². The third-order valence-corrected chi connectivity index (χ3v) is 5.14. The third kappa shape index (κ3) is 2.92. The monoisotopic (exact) mass is 370 g/mol. The van der Waals surface area contributed by atoms with Gasteiger partial charge in [0.1, 0.15) is 24.8 Å². The quantitative estimate of drug-likeness (QED) is 0.846. The molecule has 3 heterocycles. The van der Waals surface area contributed by atoms with Crippen LogP contribution in [-0.4, -0.2) is 51.0 Å². The summed E-state index contributed by atoms with van der Waals surface area (Å²) in [6.07, 6.45) is 1.52. The maximum absolute atomic E-state index is 10.8. The van der Waals surface area contributed by atoms with Gasteiger partial charge >= 0.3 is 0 Å². The van der Waals surface area contributed by atoms with Crippen molar-refractivity contribution in [3.8, 4) is 0 Å². The van der Waals surface area contributed by atoms with Crippen molar-refractivity contribution < 1.29 is 14.6 Å². The van der Waals surface area contributed by atoms with Crippen molar-refractivity contribution in [2.45, 2.75) is 37.1 Å². The zero-order chi connectivity index (χ0) is 16.7. The molecule has 2 aromatic rings. The number of nitrogens with zero attached hydrogens (tertiary/aromatic N) is 3. The summed E-state index contributed by atoms with van der Waals surface area (Å²) in [5.74, 6) is 0. The largest absolute Gasteiger partial charge is 0.389 e. The molecule has 128 valence electrons. The summed E-state index contributed by atoms with van der Waals surface area (Å²) in [6, 6.07) is 4.70. The minimum Gasteiger partial charge on any atom is -0.389 e. The van der Waals surface area contributed by atoms with Gasteiger partial charge in [0.2, 0.25) is 0 Å². The molecule has 2 aliphatic rings. The number of benzene rings is 1. The first kappa shape index (κ1) is 16.3. The van der Waals surface area contributed by atoms with Gasteiger partial charge in [0.15, 0.2) is 6.29 Å². The molecule has 7 nitrogen and oxygen atoms in total. The first-order valence-corrected chi connectivity index (χ1v) is 8.35. The molecule has 4 rings (SSSR count). The van der Waals surface area contributed by atoms with E-state index < -0.39 is 18.4 Å². The number of hydrogen-bond donors (Lipinski definition) is 2. The Morgan fingerprint density at radius 2 is 2.21 bits per heavy atom. The molecule has 0 radical (unpaired) electrons. The molecule has 2 bridgehead atoms. The molecular weight excluding hydrogens is 355 g/mol. The van der Waals surface area contributed by atoms with E-state index in [4.69, 9.17) is 32.7 Å². The lowest BCUT2D eigenvalue weighted by Gasteiger charge is -2.38. The predicted octanol–water partition coefficient (Wildman–Crippen LogP) is 1.40. The third-order valence-electron chi connectivity index (χ3n) is 4.40. The van der Waals surface area contributed by atoms with Gasteiger partial charge in [-0.2, -0.15) is 5.10 Å². The summed E-state index contributed by atoms with van der Waals surface area (Å²) in [4.78, 5) is 3.93. The van der Waals surface area contributed by atoms with Crippen LogP contribution in [-0.2, 0) is 16.0 Å². The van der Waals surface area contributed by atoms with Crippen molar-refractivity contribution in [3.05, 3.63) is 46.5 Å². The standard InChI is InChI=1S/C15H16Cl2N4O3/c16-9-2-1-8(3-10(9)17)4-19-12-11-5-23-15(24-11)13(14(12)22)21-7-18-6-20-21/h1-3,6-7,11-15,19,22H,4-5H2. The van der Waals surface area contributed by atoms with Crippen molar-refractivity contribution in [1.29, 1.82) is 0 Å². The first-order chi connectivity index (χ1) is 11.6. The van der Waals surface area contributed by atoms with Gasteiger partial charge in [-0.05, 0) is 17.7 Å². The Bertz CT molecular complexity index is 715. The molecule has 0 spiro atoms. The first-order valence-electron chi connectivity index (χ1n) is 7.60. The van der Waals surface area contributed by atoms with E-state index in [-0.39, 0.29) is 12.1 Å².